The maximum atomic E-state index is 13.6. The fraction of sp³-hybridized carbons (Fsp3) is 0.320. The van der Waals surface area contributed by atoms with E-state index in [1.807, 2.05) is 53.4 Å². The van der Waals surface area contributed by atoms with Gasteiger partial charge in [0.05, 0.1) is 25.1 Å². The Hall–Kier alpha value is -3.65. The van der Waals surface area contributed by atoms with Crippen molar-refractivity contribution in [3.8, 4) is 11.4 Å². The summed E-state index contributed by atoms with van der Waals surface area (Å²) in [4.78, 5) is 29.4. The highest BCUT2D eigenvalue weighted by Crippen LogP contribution is 2.31. The number of aromatic nitrogens is 2. The lowest BCUT2D eigenvalue weighted by atomic mass is 10.0. The molecule has 0 radical (unpaired) electrons. The average Bonchev–Trinajstić information content (AvgIpc) is 3.24. The van der Waals surface area contributed by atoms with Crippen LogP contribution in [0.5, 0.6) is 5.75 Å². The lowest BCUT2D eigenvalue weighted by Crippen LogP contribution is -2.39. The molecule has 1 fully saturated rings. The average molecular weight is 447 g/mol. The van der Waals surface area contributed by atoms with Crippen molar-refractivity contribution >= 4 is 23.2 Å². The van der Waals surface area contributed by atoms with Gasteiger partial charge in [0, 0.05) is 36.4 Å². The van der Waals surface area contributed by atoms with Crippen LogP contribution in [0.15, 0.2) is 48.5 Å². The van der Waals surface area contributed by atoms with Crippen LogP contribution in [0.3, 0.4) is 0 Å². The van der Waals surface area contributed by atoms with Gasteiger partial charge in [0.15, 0.2) is 0 Å². The van der Waals surface area contributed by atoms with E-state index in [9.17, 15) is 14.7 Å². The number of anilines is 2. The lowest BCUT2D eigenvalue weighted by Gasteiger charge is -2.29. The Balaban J connectivity index is 1.46. The molecule has 33 heavy (non-hydrogen) atoms. The highest BCUT2D eigenvalue weighted by atomic mass is 16.5. The molecule has 2 amide bonds. The zero-order valence-electron chi connectivity index (χ0n) is 18.5. The van der Waals surface area contributed by atoms with Crippen LogP contribution in [0.1, 0.15) is 41.0 Å². The molecule has 3 aromatic rings. The third-order valence-corrected chi connectivity index (χ3v) is 6.36. The van der Waals surface area contributed by atoms with Crippen molar-refractivity contribution in [3.05, 3.63) is 65.5 Å². The van der Waals surface area contributed by atoms with E-state index >= 15 is 0 Å². The molecule has 170 valence electrons. The Bertz CT molecular complexity index is 1180. The molecule has 0 unspecified atom stereocenters. The second-order valence-electron chi connectivity index (χ2n) is 8.27. The minimum absolute atomic E-state index is 0.146. The predicted octanol–water partition coefficient (Wildman–Crippen LogP) is 3.09. The summed E-state index contributed by atoms with van der Waals surface area (Å²) in [7, 11) is 1.60. The highest BCUT2D eigenvalue weighted by Gasteiger charge is 2.33. The van der Waals surface area contributed by atoms with E-state index in [0.717, 1.165) is 42.0 Å². The summed E-state index contributed by atoms with van der Waals surface area (Å²) in [5, 5.41) is 14.4. The summed E-state index contributed by atoms with van der Waals surface area (Å²) >= 11 is 0. The zero-order valence-corrected chi connectivity index (χ0v) is 18.5. The van der Waals surface area contributed by atoms with Crippen molar-refractivity contribution in [2.45, 2.75) is 32.3 Å². The number of amides is 2. The van der Waals surface area contributed by atoms with Gasteiger partial charge in [0.25, 0.3) is 5.91 Å². The monoisotopic (exact) mass is 446 g/mol. The number of nitrogens with zero attached hydrogens (tertiary/aromatic N) is 4. The summed E-state index contributed by atoms with van der Waals surface area (Å²) in [5.74, 6) is 0.691. The number of methoxy groups -OCH3 is 1. The number of ether oxygens (including phenoxy) is 1. The van der Waals surface area contributed by atoms with Crippen molar-refractivity contribution in [3.63, 3.8) is 0 Å². The van der Waals surface area contributed by atoms with E-state index < -0.39 is 0 Å². The van der Waals surface area contributed by atoms with E-state index in [1.165, 1.54) is 0 Å². The van der Waals surface area contributed by atoms with Crippen LogP contribution >= 0.6 is 0 Å². The zero-order chi connectivity index (χ0) is 22.9. The van der Waals surface area contributed by atoms with Crippen molar-refractivity contribution in [2.24, 2.45) is 0 Å². The van der Waals surface area contributed by atoms with Gasteiger partial charge >= 0.3 is 0 Å². The Kier molecular flexibility index (Phi) is 5.60. The van der Waals surface area contributed by atoms with Crippen molar-refractivity contribution in [1.82, 2.24) is 9.78 Å². The Morgan fingerprint density at radius 3 is 2.18 bits per heavy atom. The van der Waals surface area contributed by atoms with Crippen LogP contribution in [0.2, 0.25) is 0 Å². The number of hydrogen-bond donors (Lipinski definition) is 1. The summed E-state index contributed by atoms with van der Waals surface area (Å²) < 4.78 is 6.84. The standard InChI is InChI=1S/C25H26N4O4/c1-33-20-11-9-19(10-12-20)29-24-21(22(16-30)26-29)13-15-28(25(24)32)18-7-5-17(6-8-18)27-14-3-2-4-23(27)31/h5-12,30H,2-4,13-16H2,1H3. The molecule has 2 aliphatic rings. The number of benzene rings is 2. The van der Waals surface area contributed by atoms with E-state index in [1.54, 1.807) is 16.7 Å². The molecule has 1 saturated heterocycles. The van der Waals surface area contributed by atoms with Crippen LogP contribution < -0.4 is 14.5 Å². The normalized spacial score (nSPS) is 16.2. The van der Waals surface area contributed by atoms with Gasteiger partial charge in [-0.05, 0) is 67.8 Å². The third kappa shape index (κ3) is 3.76. The Morgan fingerprint density at radius 2 is 1.55 bits per heavy atom. The first-order valence-electron chi connectivity index (χ1n) is 11.2. The van der Waals surface area contributed by atoms with Gasteiger partial charge in [0.2, 0.25) is 5.91 Å². The number of carbonyl (C=O) groups excluding carboxylic acids is 2. The molecule has 2 aromatic carbocycles. The minimum Gasteiger partial charge on any atom is -0.497 e. The highest BCUT2D eigenvalue weighted by molar-refractivity contribution is 6.07. The first kappa shape index (κ1) is 21.2. The number of piperidine rings is 1. The largest absolute Gasteiger partial charge is 0.497 e. The quantitative estimate of drug-likeness (QED) is 0.651. The second-order valence-corrected chi connectivity index (χ2v) is 8.27. The summed E-state index contributed by atoms with van der Waals surface area (Å²) in [6, 6.07) is 14.9. The molecule has 2 aliphatic heterocycles. The molecule has 5 rings (SSSR count). The molecule has 3 heterocycles. The molecule has 0 spiro atoms. The van der Waals surface area contributed by atoms with E-state index in [-0.39, 0.29) is 18.4 Å². The fourth-order valence-corrected chi connectivity index (χ4v) is 4.61. The molecular weight excluding hydrogens is 420 g/mol. The molecule has 0 atom stereocenters. The van der Waals surface area contributed by atoms with Crippen molar-refractivity contribution in [1.29, 1.82) is 0 Å². The van der Waals surface area contributed by atoms with Gasteiger partial charge in [-0.1, -0.05) is 0 Å². The van der Waals surface area contributed by atoms with E-state index in [2.05, 4.69) is 5.10 Å². The summed E-state index contributed by atoms with van der Waals surface area (Å²) in [6.45, 7) is 1.00. The predicted molar refractivity (Wildman–Crippen MR) is 124 cm³/mol. The second kappa shape index (κ2) is 8.71. The Morgan fingerprint density at radius 1 is 0.879 bits per heavy atom. The van der Waals surface area contributed by atoms with Gasteiger partial charge in [-0.3, -0.25) is 9.59 Å². The minimum atomic E-state index is -0.225. The molecule has 8 heteroatoms. The molecule has 0 aliphatic carbocycles. The maximum Gasteiger partial charge on any atom is 0.277 e. The molecule has 8 nitrogen and oxygen atoms in total. The van der Waals surface area contributed by atoms with Crippen LogP contribution in [0, 0.1) is 0 Å². The lowest BCUT2D eigenvalue weighted by molar-refractivity contribution is -0.119. The van der Waals surface area contributed by atoms with Crippen LogP contribution in [0.25, 0.3) is 5.69 Å². The van der Waals surface area contributed by atoms with Gasteiger partial charge in [-0.15, -0.1) is 0 Å². The maximum absolute atomic E-state index is 13.6. The fourth-order valence-electron chi connectivity index (χ4n) is 4.61. The number of rotatable bonds is 5. The summed E-state index contributed by atoms with van der Waals surface area (Å²) in [5.41, 5.74) is 4.12. The number of fused-ring (bicyclic) bond motifs is 1. The molecule has 1 aromatic heterocycles. The van der Waals surface area contributed by atoms with Gasteiger partial charge in [-0.2, -0.15) is 5.10 Å². The first-order valence-corrected chi connectivity index (χ1v) is 11.2. The molecule has 0 saturated carbocycles. The smallest absolute Gasteiger partial charge is 0.277 e. The van der Waals surface area contributed by atoms with E-state index in [4.69, 9.17) is 4.74 Å². The first-order chi connectivity index (χ1) is 16.1. The SMILES string of the molecule is COc1ccc(-n2nc(CO)c3c2C(=O)N(c2ccc(N4CCCCC4=O)cc2)CC3)cc1. The van der Waals surface area contributed by atoms with Gasteiger partial charge in [0.1, 0.15) is 11.4 Å². The molecule has 1 N–H and O–H groups in total. The topological polar surface area (TPSA) is 87.9 Å². The van der Waals surface area contributed by atoms with Gasteiger partial charge < -0.3 is 19.6 Å². The van der Waals surface area contributed by atoms with Crippen molar-refractivity contribution in [2.75, 3.05) is 30.0 Å². The Labute approximate surface area is 192 Å². The molecular formula is C25H26N4O4. The van der Waals surface area contributed by atoms with E-state index in [0.29, 0.717) is 36.5 Å². The third-order valence-electron chi connectivity index (χ3n) is 6.36. The van der Waals surface area contributed by atoms with Gasteiger partial charge in [-0.25, -0.2) is 4.68 Å². The number of hydrogen-bond acceptors (Lipinski definition) is 5. The summed E-state index contributed by atoms with van der Waals surface area (Å²) in [6.07, 6.45) is 3.12. The van der Waals surface area contributed by atoms with Crippen LogP contribution in [-0.2, 0) is 17.8 Å². The van der Waals surface area contributed by atoms with Crippen LogP contribution in [-0.4, -0.2) is 46.9 Å². The number of carbonyl (C=O) groups is 2. The number of aliphatic hydroxyl groups is 1. The number of aliphatic hydroxyl groups excluding tert-OH is 1. The van der Waals surface area contributed by atoms with Crippen molar-refractivity contribution < 1.29 is 19.4 Å². The molecule has 0 bridgehead atoms. The van der Waals surface area contributed by atoms with Crippen LogP contribution in [0.4, 0.5) is 11.4 Å².